The van der Waals surface area contributed by atoms with E-state index in [1.54, 1.807) is 18.9 Å². The molecule has 5 heteroatoms. The summed E-state index contributed by atoms with van der Waals surface area (Å²) >= 11 is 1.60. The van der Waals surface area contributed by atoms with Gasteiger partial charge in [0.2, 0.25) is 5.91 Å². The lowest BCUT2D eigenvalue weighted by Crippen LogP contribution is -2.31. The number of ether oxygens (including phenoxy) is 1. The van der Waals surface area contributed by atoms with E-state index in [0.29, 0.717) is 6.61 Å². The molecule has 1 rings (SSSR count). The van der Waals surface area contributed by atoms with Gasteiger partial charge < -0.3 is 15.4 Å². The molecule has 0 saturated carbocycles. The highest BCUT2D eigenvalue weighted by Gasteiger charge is 2.13. The van der Waals surface area contributed by atoms with Crippen LogP contribution in [0.25, 0.3) is 0 Å². The minimum Gasteiger partial charge on any atom is -0.383 e. The van der Waals surface area contributed by atoms with E-state index in [9.17, 15) is 4.79 Å². The fraction of sp³-hybridized carbons (Fsp3) is 0.562. The van der Waals surface area contributed by atoms with Crippen molar-refractivity contribution in [2.45, 2.75) is 37.0 Å². The summed E-state index contributed by atoms with van der Waals surface area (Å²) in [6.07, 6.45) is 0.964. The summed E-state index contributed by atoms with van der Waals surface area (Å²) in [5, 5.41) is 6.17. The van der Waals surface area contributed by atoms with Crippen molar-refractivity contribution in [1.82, 2.24) is 10.6 Å². The summed E-state index contributed by atoms with van der Waals surface area (Å²) < 4.78 is 5.00. The number of hydrogen-bond donors (Lipinski definition) is 2. The topological polar surface area (TPSA) is 50.4 Å². The van der Waals surface area contributed by atoms with Gasteiger partial charge >= 0.3 is 0 Å². The van der Waals surface area contributed by atoms with Crippen LogP contribution in [0.2, 0.25) is 0 Å². The van der Waals surface area contributed by atoms with Crippen molar-refractivity contribution in [3.8, 4) is 0 Å². The standard InChI is InChI=1S/C16H26N2O2S/c1-4-8-18-16(19)13(2)21-15-7-5-6-14(11-15)12-17-9-10-20-3/h5-7,11,13,17H,4,8-10,12H2,1-3H3,(H,18,19). The molecule has 2 N–H and O–H groups in total. The molecular formula is C16H26N2O2S. The van der Waals surface area contributed by atoms with Crippen LogP contribution in [0, 0.1) is 0 Å². The SMILES string of the molecule is CCCNC(=O)C(C)Sc1cccc(CNCCOC)c1. The largest absolute Gasteiger partial charge is 0.383 e. The number of benzene rings is 1. The zero-order chi connectivity index (χ0) is 15.5. The fourth-order valence-electron chi connectivity index (χ4n) is 1.79. The first-order chi connectivity index (χ1) is 10.2. The third kappa shape index (κ3) is 7.50. The van der Waals surface area contributed by atoms with Crippen molar-refractivity contribution in [3.05, 3.63) is 29.8 Å². The molecule has 0 aliphatic heterocycles. The predicted octanol–water partition coefficient (Wildman–Crippen LogP) is 2.43. The lowest BCUT2D eigenvalue weighted by atomic mass is 10.2. The number of carbonyl (C=O) groups is 1. The first-order valence-electron chi connectivity index (χ1n) is 7.40. The highest BCUT2D eigenvalue weighted by Crippen LogP contribution is 2.24. The second-order valence-corrected chi connectivity index (χ2v) is 6.28. The molecule has 1 atom stereocenters. The maximum Gasteiger partial charge on any atom is 0.233 e. The normalized spacial score (nSPS) is 12.1. The number of nitrogens with one attached hydrogen (secondary N) is 2. The molecule has 1 aromatic carbocycles. The molecule has 0 aromatic heterocycles. The molecule has 21 heavy (non-hydrogen) atoms. The molecule has 0 radical (unpaired) electrons. The van der Waals surface area contributed by atoms with Gasteiger partial charge in [0.1, 0.15) is 0 Å². The third-order valence-corrected chi connectivity index (χ3v) is 4.04. The number of methoxy groups -OCH3 is 1. The van der Waals surface area contributed by atoms with E-state index in [1.165, 1.54) is 5.56 Å². The fourth-order valence-corrected chi connectivity index (χ4v) is 2.76. The third-order valence-electron chi connectivity index (χ3n) is 2.94. The molecule has 0 spiro atoms. The summed E-state index contributed by atoms with van der Waals surface area (Å²) in [6, 6.07) is 8.30. The Bertz CT molecular complexity index is 426. The second-order valence-electron chi connectivity index (χ2n) is 4.87. The quantitative estimate of drug-likeness (QED) is 0.515. The van der Waals surface area contributed by atoms with Crippen molar-refractivity contribution in [3.63, 3.8) is 0 Å². The molecule has 0 aliphatic carbocycles. The van der Waals surface area contributed by atoms with Gasteiger partial charge in [-0.05, 0) is 31.0 Å². The van der Waals surface area contributed by atoms with Gasteiger partial charge in [-0.3, -0.25) is 4.79 Å². The van der Waals surface area contributed by atoms with Crippen LogP contribution < -0.4 is 10.6 Å². The summed E-state index contributed by atoms with van der Waals surface area (Å²) in [5.74, 6) is 0.102. The van der Waals surface area contributed by atoms with Gasteiger partial charge in [-0.2, -0.15) is 0 Å². The van der Waals surface area contributed by atoms with Crippen molar-refractivity contribution in [1.29, 1.82) is 0 Å². The summed E-state index contributed by atoms with van der Waals surface area (Å²) in [7, 11) is 1.70. The zero-order valence-electron chi connectivity index (χ0n) is 13.1. The Morgan fingerprint density at radius 1 is 1.38 bits per heavy atom. The van der Waals surface area contributed by atoms with E-state index in [2.05, 4.69) is 29.7 Å². The van der Waals surface area contributed by atoms with Crippen LogP contribution in [0.3, 0.4) is 0 Å². The van der Waals surface area contributed by atoms with Gasteiger partial charge in [-0.25, -0.2) is 0 Å². The highest BCUT2D eigenvalue weighted by molar-refractivity contribution is 8.00. The first-order valence-corrected chi connectivity index (χ1v) is 8.28. The molecule has 0 heterocycles. The monoisotopic (exact) mass is 310 g/mol. The van der Waals surface area contributed by atoms with Gasteiger partial charge in [-0.1, -0.05) is 19.1 Å². The van der Waals surface area contributed by atoms with Gasteiger partial charge in [0.15, 0.2) is 0 Å². The number of rotatable bonds is 10. The van der Waals surface area contributed by atoms with Gasteiger partial charge in [0.25, 0.3) is 0 Å². The lowest BCUT2D eigenvalue weighted by molar-refractivity contribution is -0.120. The smallest absolute Gasteiger partial charge is 0.233 e. The van der Waals surface area contributed by atoms with Crippen molar-refractivity contribution >= 4 is 17.7 Å². The Hall–Kier alpha value is -1.04. The maximum atomic E-state index is 11.9. The van der Waals surface area contributed by atoms with E-state index >= 15 is 0 Å². The van der Waals surface area contributed by atoms with Crippen LogP contribution in [0.15, 0.2) is 29.2 Å². The van der Waals surface area contributed by atoms with Crippen LogP contribution >= 0.6 is 11.8 Å². The zero-order valence-corrected chi connectivity index (χ0v) is 14.0. The molecule has 0 aliphatic rings. The Labute approximate surface area is 132 Å². The lowest BCUT2D eigenvalue weighted by Gasteiger charge is -2.12. The Morgan fingerprint density at radius 3 is 2.90 bits per heavy atom. The van der Waals surface area contributed by atoms with Crippen molar-refractivity contribution in [2.24, 2.45) is 0 Å². The van der Waals surface area contributed by atoms with Crippen LogP contribution in [-0.4, -0.2) is 38.0 Å². The number of thioether (sulfide) groups is 1. The molecule has 0 fully saturated rings. The van der Waals surface area contributed by atoms with Gasteiger partial charge in [0.05, 0.1) is 11.9 Å². The Balaban J connectivity index is 2.46. The molecule has 1 aromatic rings. The minimum atomic E-state index is -0.0757. The van der Waals surface area contributed by atoms with E-state index in [0.717, 1.165) is 31.0 Å². The van der Waals surface area contributed by atoms with Gasteiger partial charge in [-0.15, -0.1) is 11.8 Å². The molecule has 4 nitrogen and oxygen atoms in total. The Kier molecular flexibility index (Phi) is 9.14. The second kappa shape index (κ2) is 10.7. The number of hydrogen-bond acceptors (Lipinski definition) is 4. The highest BCUT2D eigenvalue weighted by atomic mass is 32.2. The molecule has 1 unspecified atom stereocenters. The summed E-state index contributed by atoms with van der Waals surface area (Å²) in [4.78, 5) is 13.0. The molecule has 118 valence electrons. The predicted molar refractivity (Wildman–Crippen MR) is 88.6 cm³/mol. The van der Waals surface area contributed by atoms with E-state index in [4.69, 9.17) is 4.74 Å². The number of amides is 1. The van der Waals surface area contributed by atoms with E-state index < -0.39 is 0 Å². The molecule has 1 amide bonds. The summed E-state index contributed by atoms with van der Waals surface area (Å²) in [6.45, 7) is 7.10. The van der Waals surface area contributed by atoms with E-state index in [-0.39, 0.29) is 11.2 Å². The molecular weight excluding hydrogens is 284 g/mol. The maximum absolute atomic E-state index is 11.9. The average molecular weight is 310 g/mol. The van der Waals surface area contributed by atoms with Crippen molar-refractivity contribution in [2.75, 3.05) is 26.8 Å². The molecule has 0 saturated heterocycles. The van der Waals surface area contributed by atoms with Crippen LogP contribution in [0.1, 0.15) is 25.8 Å². The molecule has 0 bridgehead atoms. The first kappa shape index (κ1) is 18.0. The number of carbonyl (C=O) groups excluding carboxylic acids is 1. The average Bonchev–Trinajstić information content (AvgIpc) is 2.49. The van der Waals surface area contributed by atoms with Crippen LogP contribution in [0.5, 0.6) is 0 Å². The Morgan fingerprint density at radius 2 is 2.19 bits per heavy atom. The van der Waals surface area contributed by atoms with Gasteiger partial charge in [0, 0.05) is 31.6 Å². The van der Waals surface area contributed by atoms with Crippen LogP contribution in [0.4, 0.5) is 0 Å². The van der Waals surface area contributed by atoms with Crippen LogP contribution in [-0.2, 0) is 16.1 Å². The summed E-state index contributed by atoms with van der Waals surface area (Å²) in [5.41, 5.74) is 1.22. The van der Waals surface area contributed by atoms with Crippen molar-refractivity contribution < 1.29 is 9.53 Å². The van der Waals surface area contributed by atoms with E-state index in [1.807, 2.05) is 19.1 Å². The minimum absolute atomic E-state index is 0.0757.